The van der Waals surface area contributed by atoms with Gasteiger partial charge in [0.05, 0.1) is 6.61 Å². The molecule has 1 aromatic carbocycles. The van der Waals surface area contributed by atoms with Gasteiger partial charge in [-0.25, -0.2) is 4.79 Å². The minimum atomic E-state index is -1.27. The Kier molecular flexibility index (Phi) is 4.80. The van der Waals surface area contributed by atoms with Crippen LogP contribution in [0.25, 0.3) is 0 Å². The van der Waals surface area contributed by atoms with Crippen LogP contribution in [0.3, 0.4) is 0 Å². The van der Waals surface area contributed by atoms with Crippen LogP contribution in [0.1, 0.15) is 11.6 Å². The second-order valence-electron chi connectivity index (χ2n) is 5.70. The molecule has 25 heavy (non-hydrogen) atoms. The predicted molar refractivity (Wildman–Crippen MR) is 90.1 cm³/mol. The molecule has 2 amide bonds. The van der Waals surface area contributed by atoms with Gasteiger partial charge in [0, 0.05) is 5.75 Å². The molecule has 3 rings (SSSR count). The maximum atomic E-state index is 12.3. The number of carbonyl (C=O) groups is 3. The van der Waals surface area contributed by atoms with Crippen molar-refractivity contribution >= 4 is 29.5 Å². The summed E-state index contributed by atoms with van der Waals surface area (Å²) < 4.78 is 0. The van der Waals surface area contributed by atoms with Crippen molar-refractivity contribution in [2.24, 2.45) is 5.73 Å². The second kappa shape index (κ2) is 6.87. The number of nitrogens with two attached hydrogens (primary N) is 1. The summed E-state index contributed by atoms with van der Waals surface area (Å²) in [5.74, 6) is -2.01. The lowest BCUT2D eigenvalue weighted by Gasteiger charge is -2.49. The number of benzene rings is 1. The molecule has 0 spiro atoms. The van der Waals surface area contributed by atoms with Crippen molar-refractivity contribution in [1.29, 1.82) is 0 Å². The van der Waals surface area contributed by atoms with Gasteiger partial charge in [0.1, 0.15) is 23.2 Å². The molecule has 0 bridgehead atoms. The first-order valence-corrected chi connectivity index (χ1v) is 8.62. The Morgan fingerprint density at radius 1 is 1.36 bits per heavy atom. The van der Waals surface area contributed by atoms with Gasteiger partial charge in [-0.15, -0.1) is 11.8 Å². The first kappa shape index (κ1) is 17.5. The predicted octanol–water partition coefficient (Wildman–Crippen LogP) is -0.583. The number of nitrogens with zero attached hydrogens (tertiary/aromatic N) is 1. The molecule has 1 fully saturated rings. The molecule has 5 N–H and O–H groups in total. The number of aliphatic hydroxyl groups excluding tert-OH is 1. The highest BCUT2D eigenvalue weighted by atomic mass is 32.2. The zero-order valence-electron chi connectivity index (χ0n) is 13.1. The van der Waals surface area contributed by atoms with E-state index in [0.29, 0.717) is 5.56 Å². The van der Waals surface area contributed by atoms with E-state index in [-0.39, 0.29) is 17.0 Å². The SMILES string of the molecule is N[C@@H](C(=O)NC1C(=O)N2C(C(=O)O)=C(CO)CS[C@H]12)c1ccccc1. The highest BCUT2D eigenvalue weighted by Gasteiger charge is 2.54. The number of thioether (sulfide) groups is 1. The van der Waals surface area contributed by atoms with Gasteiger partial charge in [-0.1, -0.05) is 30.3 Å². The van der Waals surface area contributed by atoms with E-state index in [1.807, 2.05) is 0 Å². The number of aliphatic hydroxyl groups is 1. The molecule has 2 aliphatic heterocycles. The molecule has 2 aliphatic rings. The number of amides is 2. The summed E-state index contributed by atoms with van der Waals surface area (Å²) in [5, 5.41) is 20.7. The summed E-state index contributed by atoms with van der Waals surface area (Å²) in [5.41, 5.74) is 6.62. The average molecular weight is 363 g/mol. The Balaban J connectivity index is 1.73. The standard InChI is InChI=1S/C16H17N3O5S/c17-10(8-4-2-1-3-5-8)13(21)18-11-14(22)19-12(16(23)24)9(6-20)7-25-15(11)19/h1-5,10-11,15,20H,6-7,17H2,(H,18,21)(H,23,24)/t10-,11?,15-/m1/s1. The molecule has 0 saturated carbocycles. The normalized spacial score (nSPS) is 23.6. The van der Waals surface area contributed by atoms with Crippen LogP contribution in [-0.2, 0) is 14.4 Å². The fourth-order valence-electron chi connectivity index (χ4n) is 2.86. The van der Waals surface area contributed by atoms with E-state index in [1.165, 1.54) is 11.8 Å². The molecule has 2 heterocycles. The van der Waals surface area contributed by atoms with E-state index < -0.39 is 41.8 Å². The van der Waals surface area contributed by atoms with Gasteiger partial charge in [0.15, 0.2) is 0 Å². The van der Waals surface area contributed by atoms with Crippen LogP contribution in [0.2, 0.25) is 0 Å². The molecular weight excluding hydrogens is 346 g/mol. The highest BCUT2D eigenvalue weighted by molar-refractivity contribution is 8.00. The number of nitrogens with one attached hydrogen (secondary N) is 1. The van der Waals surface area contributed by atoms with Crippen molar-refractivity contribution in [3.63, 3.8) is 0 Å². The Morgan fingerprint density at radius 3 is 2.64 bits per heavy atom. The molecule has 0 aromatic heterocycles. The fourth-order valence-corrected chi connectivity index (χ4v) is 4.19. The zero-order valence-corrected chi connectivity index (χ0v) is 13.9. The van der Waals surface area contributed by atoms with Gasteiger partial charge in [0.2, 0.25) is 5.91 Å². The third-order valence-electron chi connectivity index (χ3n) is 4.18. The van der Waals surface area contributed by atoms with Crippen LogP contribution < -0.4 is 11.1 Å². The second-order valence-corrected chi connectivity index (χ2v) is 6.80. The van der Waals surface area contributed by atoms with E-state index in [2.05, 4.69) is 5.32 Å². The molecule has 1 aromatic rings. The highest BCUT2D eigenvalue weighted by Crippen LogP contribution is 2.40. The third-order valence-corrected chi connectivity index (χ3v) is 5.52. The maximum absolute atomic E-state index is 12.3. The number of β-lactam (4-membered cyclic amide) rings is 1. The summed E-state index contributed by atoms with van der Waals surface area (Å²) >= 11 is 1.30. The number of fused-ring (bicyclic) bond motifs is 1. The Hall–Kier alpha value is -2.36. The van der Waals surface area contributed by atoms with Crippen LogP contribution >= 0.6 is 11.8 Å². The van der Waals surface area contributed by atoms with Crippen molar-refractivity contribution in [3.05, 3.63) is 47.2 Å². The van der Waals surface area contributed by atoms with Gasteiger partial charge in [-0.05, 0) is 11.1 Å². The first-order valence-electron chi connectivity index (χ1n) is 7.57. The van der Waals surface area contributed by atoms with Gasteiger partial charge in [-0.2, -0.15) is 0 Å². The number of carbonyl (C=O) groups excluding carboxylic acids is 2. The van der Waals surface area contributed by atoms with Crippen LogP contribution in [-0.4, -0.2) is 56.7 Å². The summed E-state index contributed by atoms with van der Waals surface area (Å²) in [6.45, 7) is -0.430. The Labute approximate surface area is 147 Å². The van der Waals surface area contributed by atoms with Gasteiger partial charge < -0.3 is 21.3 Å². The van der Waals surface area contributed by atoms with Crippen LogP contribution in [0.4, 0.5) is 0 Å². The average Bonchev–Trinajstić information content (AvgIpc) is 2.64. The fraction of sp³-hybridized carbons (Fsp3) is 0.312. The van der Waals surface area contributed by atoms with Gasteiger partial charge >= 0.3 is 5.97 Å². The van der Waals surface area contributed by atoms with Gasteiger partial charge in [-0.3, -0.25) is 14.5 Å². The van der Waals surface area contributed by atoms with Crippen LogP contribution in [0.15, 0.2) is 41.6 Å². The van der Waals surface area contributed by atoms with Crippen molar-refractivity contribution < 1.29 is 24.6 Å². The monoisotopic (exact) mass is 363 g/mol. The van der Waals surface area contributed by atoms with Crippen molar-refractivity contribution in [3.8, 4) is 0 Å². The smallest absolute Gasteiger partial charge is 0.352 e. The molecule has 132 valence electrons. The Bertz CT molecular complexity index is 751. The van der Waals surface area contributed by atoms with Crippen molar-refractivity contribution in [1.82, 2.24) is 10.2 Å². The summed E-state index contributed by atoms with van der Waals surface area (Å²) in [6.07, 6.45) is 0. The number of carboxylic acids is 1. The zero-order chi connectivity index (χ0) is 18.1. The van der Waals surface area contributed by atoms with E-state index in [1.54, 1.807) is 30.3 Å². The lowest BCUT2D eigenvalue weighted by molar-refractivity contribution is -0.151. The largest absolute Gasteiger partial charge is 0.477 e. The molecule has 3 atom stereocenters. The lowest BCUT2D eigenvalue weighted by atomic mass is 10.0. The van der Waals surface area contributed by atoms with E-state index in [0.717, 1.165) is 4.90 Å². The lowest BCUT2D eigenvalue weighted by Crippen LogP contribution is -2.71. The number of rotatable bonds is 5. The maximum Gasteiger partial charge on any atom is 0.352 e. The van der Waals surface area contributed by atoms with Crippen LogP contribution in [0, 0.1) is 0 Å². The van der Waals surface area contributed by atoms with Crippen molar-refractivity contribution in [2.75, 3.05) is 12.4 Å². The van der Waals surface area contributed by atoms with E-state index in [9.17, 15) is 24.6 Å². The minimum absolute atomic E-state index is 0.200. The van der Waals surface area contributed by atoms with Gasteiger partial charge in [0.25, 0.3) is 5.91 Å². The number of hydrogen-bond acceptors (Lipinski definition) is 6. The number of aliphatic carboxylic acids is 1. The van der Waals surface area contributed by atoms with Crippen molar-refractivity contribution in [2.45, 2.75) is 17.5 Å². The van der Waals surface area contributed by atoms with E-state index in [4.69, 9.17) is 5.73 Å². The summed E-state index contributed by atoms with van der Waals surface area (Å²) in [7, 11) is 0. The minimum Gasteiger partial charge on any atom is -0.477 e. The molecular formula is C16H17N3O5S. The number of carboxylic acid groups (broad SMARTS) is 1. The van der Waals surface area contributed by atoms with Crippen LogP contribution in [0.5, 0.6) is 0 Å². The number of hydrogen-bond donors (Lipinski definition) is 4. The topological polar surface area (TPSA) is 133 Å². The summed E-state index contributed by atoms with van der Waals surface area (Å²) in [4.78, 5) is 37.2. The third kappa shape index (κ3) is 3.01. The molecule has 0 aliphatic carbocycles. The summed E-state index contributed by atoms with van der Waals surface area (Å²) in [6, 6.07) is 7.01. The van der Waals surface area contributed by atoms with E-state index >= 15 is 0 Å². The molecule has 9 heteroatoms. The quantitative estimate of drug-likeness (QED) is 0.514. The molecule has 1 unspecified atom stereocenters. The molecule has 1 saturated heterocycles. The first-order chi connectivity index (χ1) is 12.0. The Morgan fingerprint density at radius 2 is 2.04 bits per heavy atom. The molecule has 0 radical (unpaired) electrons. The molecule has 8 nitrogen and oxygen atoms in total.